The molecule has 8 heteroatoms. The van der Waals surface area contributed by atoms with Crippen molar-refractivity contribution in [1.82, 2.24) is 24.1 Å². The fraction of sp³-hybridized carbons (Fsp3) is 0.429. The Morgan fingerprint density at radius 3 is 2.73 bits per heavy atom. The van der Waals surface area contributed by atoms with E-state index in [2.05, 4.69) is 15.0 Å². The van der Waals surface area contributed by atoms with Crippen molar-refractivity contribution in [2.24, 2.45) is 0 Å². The van der Waals surface area contributed by atoms with Gasteiger partial charge in [-0.15, -0.1) is 11.3 Å². The molecule has 0 spiro atoms. The number of aromatic nitrogens is 5. The Hall–Kier alpha value is -2.22. The molecule has 0 fully saturated rings. The highest BCUT2D eigenvalue weighted by molar-refractivity contribution is 7.07. The van der Waals surface area contributed by atoms with Gasteiger partial charge in [0.05, 0.1) is 11.2 Å². The van der Waals surface area contributed by atoms with Gasteiger partial charge in [-0.3, -0.25) is 13.9 Å². The lowest BCUT2D eigenvalue weighted by molar-refractivity contribution is 0.572. The number of hydrogen-bond acceptors (Lipinski definition) is 5. The molecular weight excluding hydrogens is 302 g/mol. The van der Waals surface area contributed by atoms with E-state index in [1.165, 1.54) is 20.5 Å². The molecule has 0 saturated carbocycles. The van der Waals surface area contributed by atoms with Gasteiger partial charge in [0.1, 0.15) is 11.3 Å². The first-order chi connectivity index (χ1) is 10.7. The molecule has 0 amide bonds. The molecule has 0 aliphatic rings. The lowest BCUT2D eigenvalue weighted by atomic mass is 10.3. The second-order valence-corrected chi connectivity index (χ2v) is 5.74. The second kappa shape index (κ2) is 5.88. The lowest BCUT2D eigenvalue weighted by Gasteiger charge is -2.08. The standard InChI is InChI=1S/C14H17N5O2S/c1-3-5-19-13(20)11-12(18(4-2)14(19)21)17-10(16-11)6-9-7-22-8-15-9/h7-8H,3-6H2,1-2H3,(H,16,17). The SMILES string of the molecule is CCCn1c(=O)c2[nH]c(Cc3cscn3)nc2n(CC)c1=O. The maximum Gasteiger partial charge on any atom is 0.332 e. The maximum absolute atomic E-state index is 12.5. The van der Waals surface area contributed by atoms with Crippen LogP contribution in [0.3, 0.4) is 0 Å². The fourth-order valence-electron chi connectivity index (χ4n) is 2.50. The van der Waals surface area contributed by atoms with Gasteiger partial charge in [-0.1, -0.05) is 6.92 Å². The molecule has 3 aromatic rings. The van der Waals surface area contributed by atoms with Crippen LogP contribution in [0.25, 0.3) is 11.2 Å². The zero-order valence-electron chi connectivity index (χ0n) is 12.5. The van der Waals surface area contributed by atoms with Crippen LogP contribution in [-0.4, -0.2) is 24.1 Å². The highest BCUT2D eigenvalue weighted by Gasteiger charge is 2.16. The molecule has 116 valence electrons. The van der Waals surface area contributed by atoms with Gasteiger partial charge < -0.3 is 4.98 Å². The summed E-state index contributed by atoms with van der Waals surface area (Å²) in [4.78, 5) is 36.6. The summed E-state index contributed by atoms with van der Waals surface area (Å²) in [7, 11) is 0. The first-order valence-corrected chi connectivity index (χ1v) is 8.19. The third-order valence-electron chi connectivity index (χ3n) is 3.51. The summed E-state index contributed by atoms with van der Waals surface area (Å²) in [5, 5.41) is 1.94. The van der Waals surface area contributed by atoms with E-state index in [0.29, 0.717) is 36.5 Å². The third-order valence-corrected chi connectivity index (χ3v) is 4.14. The molecule has 0 atom stereocenters. The van der Waals surface area contributed by atoms with Crippen molar-refractivity contribution in [2.45, 2.75) is 39.8 Å². The molecular formula is C14H17N5O2S. The summed E-state index contributed by atoms with van der Waals surface area (Å²) in [5.74, 6) is 0.647. The first kappa shape index (κ1) is 14.7. The van der Waals surface area contributed by atoms with E-state index in [-0.39, 0.29) is 11.2 Å². The average Bonchev–Trinajstić information content (AvgIpc) is 3.14. The van der Waals surface area contributed by atoms with Gasteiger partial charge >= 0.3 is 5.69 Å². The predicted molar refractivity (Wildman–Crippen MR) is 85.5 cm³/mol. The lowest BCUT2D eigenvalue weighted by Crippen LogP contribution is -2.39. The quantitative estimate of drug-likeness (QED) is 0.769. The van der Waals surface area contributed by atoms with Gasteiger partial charge in [-0.2, -0.15) is 0 Å². The van der Waals surface area contributed by atoms with E-state index < -0.39 is 0 Å². The number of aryl methyl sites for hydroxylation is 1. The highest BCUT2D eigenvalue weighted by atomic mass is 32.1. The Labute approximate surface area is 130 Å². The van der Waals surface area contributed by atoms with Crippen molar-refractivity contribution in [3.8, 4) is 0 Å². The summed E-state index contributed by atoms with van der Waals surface area (Å²) in [5.41, 5.74) is 2.87. The van der Waals surface area contributed by atoms with E-state index in [9.17, 15) is 9.59 Å². The normalized spacial score (nSPS) is 11.4. The summed E-state index contributed by atoms with van der Waals surface area (Å²) >= 11 is 1.51. The molecule has 0 aliphatic carbocycles. The van der Waals surface area contributed by atoms with Gasteiger partial charge in [0.15, 0.2) is 5.65 Å². The average molecular weight is 319 g/mol. The van der Waals surface area contributed by atoms with E-state index in [1.807, 2.05) is 19.2 Å². The molecule has 0 radical (unpaired) electrons. The monoisotopic (exact) mass is 319 g/mol. The molecule has 3 heterocycles. The van der Waals surface area contributed by atoms with Crippen LogP contribution in [-0.2, 0) is 19.5 Å². The van der Waals surface area contributed by atoms with Crippen molar-refractivity contribution < 1.29 is 0 Å². The van der Waals surface area contributed by atoms with Crippen molar-refractivity contribution in [2.75, 3.05) is 0 Å². The number of rotatable bonds is 5. The first-order valence-electron chi connectivity index (χ1n) is 7.25. The molecule has 22 heavy (non-hydrogen) atoms. The van der Waals surface area contributed by atoms with Gasteiger partial charge in [0, 0.05) is 24.9 Å². The zero-order chi connectivity index (χ0) is 15.7. The Morgan fingerprint density at radius 2 is 2.09 bits per heavy atom. The molecule has 0 unspecified atom stereocenters. The van der Waals surface area contributed by atoms with Crippen LogP contribution >= 0.6 is 11.3 Å². The Morgan fingerprint density at radius 1 is 1.27 bits per heavy atom. The predicted octanol–water partition coefficient (Wildman–Crippen LogP) is 1.36. The van der Waals surface area contributed by atoms with Crippen LogP contribution in [0.4, 0.5) is 0 Å². The number of imidazole rings is 1. The molecule has 3 aromatic heterocycles. The summed E-state index contributed by atoms with van der Waals surface area (Å²) in [6, 6.07) is 0. The van der Waals surface area contributed by atoms with Gasteiger partial charge in [0.2, 0.25) is 0 Å². The van der Waals surface area contributed by atoms with Crippen LogP contribution < -0.4 is 11.2 Å². The number of H-pyrrole nitrogens is 1. The summed E-state index contributed by atoms with van der Waals surface area (Å²) in [6.45, 7) is 4.69. The smallest absolute Gasteiger partial charge is 0.332 e. The number of aromatic amines is 1. The van der Waals surface area contributed by atoms with Crippen LogP contribution in [0.1, 0.15) is 31.8 Å². The number of fused-ring (bicyclic) bond motifs is 1. The third kappa shape index (κ3) is 2.39. The molecule has 0 bridgehead atoms. The summed E-state index contributed by atoms with van der Waals surface area (Å²) in [6.07, 6.45) is 1.24. The van der Waals surface area contributed by atoms with Crippen molar-refractivity contribution in [3.63, 3.8) is 0 Å². The minimum atomic E-state index is -0.302. The zero-order valence-corrected chi connectivity index (χ0v) is 13.3. The van der Waals surface area contributed by atoms with Crippen LogP contribution in [0.5, 0.6) is 0 Å². The number of nitrogens with one attached hydrogen (secondary N) is 1. The number of nitrogens with zero attached hydrogens (tertiary/aromatic N) is 4. The summed E-state index contributed by atoms with van der Waals surface area (Å²) < 4.78 is 2.81. The molecule has 0 aromatic carbocycles. The van der Waals surface area contributed by atoms with Crippen LogP contribution in [0.15, 0.2) is 20.5 Å². The van der Waals surface area contributed by atoms with Gasteiger partial charge in [0.25, 0.3) is 5.56 Å². The molecule has 0 aliphatic heterocycles. The number of hydrogen-bond donors (Lipinski definition) is 1. The number of thiazole rings is 1. The van der Waals surface area contributed by atoms with E-state index >= 15 is 0 Å². The van der Waals surface area contributed by atoms with Crippen molar-refractivity contribution >= 4 is 22.5 Å². The van der Waals surface area contributed by atoms with E-state index in [0.717, 1.165) is 12.1 Å². The second-order valence-electron chi connectivity index (χ2n) is 5.02. The Bertz CT molecular complexity index is 904. The topological polar surface area (TPSA) is 85.6 Å². The highest BCUT2D eigenvalue weighted by Crippen LogP contribution is 2.11. The fourth-order valence-corrected chi connectivity index (χ4v) is 3.06. The van der Waals surface area contributed by atoms with E-state index in [4.69, 9.17) is 0 Å². The molecule has 0 saturated heterocycles. The van der Waals surface area contributed by atoms with Crippen LogP contribution in [0.2, 0.25) is 0 Å². The van der Waals surface area contributed by atoms with E-state index in [1.54, 1.807) is 5.51 Å². The Balaban J connectivity index is 2.20. The van der Waals surface area contributed by atoms with Crippen molar-refractivity contribution in [3.05, 3.63) is 43.2 Å². The molecule has 7 nitrogen and oxygen atoms in total. The Kier molecular flexibility index (Phi) is 3.93. The minimum absolute atomic E-state index is 0.298. The van der Waals surface area contributed by atoms with Gasteiger partial charge in [-0.05, 0) is 13.3 Å². The van der Waals surface area contributed by atoms with Gasteiger partial charge in [-0.25, -0.2) is 14.8 Å². The molecule has 1 N–H and O–H groups in total. The minimum Gasteiger partial charge on any atom is -0.336 e. The largest absolute Gasteiger partial charge is 0.336 e. The van der Waals surface area contributed by atoms with Crippen LogP contribution in [0, 0.1) is 0 Å². The maximum atomic E-state index is 12.5. The van der Waals surface area contributed by atoms with Crippen molar-refractivity contribution in [1.29, 1.82) is 0 Å². The molecule has 3 rings (SSSR count).